The van der Waals surface area contributed by atoms with Crippen molar-refractivity contribution in [3.63, 3.8) is 0 Å². The Morgan fingerprint density at radius 2 is 2.19 bits per heavy atom. The van der Waals surface area contributed by atoms with Crippen LogP contribution in [0.25, 0.3) is 17.1 Å². The predicted octanol–water partition coefficient (Wildman–Crippen LogP) is 3.00. The Labute approximate surface area is 124 Å². The van der Waals surface area contributed by atoms with Crippen LogP contribution in [0.15, 0.2) is 42.7 Å². The average Bonchev–Trinajstić information content (AvgIpc) is 2.90. The molecule has 0 unspecified atom stereocenters. The van der Waals surface area contributed by atoms with E-state index in [0.717, 1.165) is 5.56 Å². The van der Waals surface area contributed by atoms with Crippen LogP contribution >= 0.6 is 12.2 Å². The standard InChI is InChI=1S/C14H8FN5S/c15-12-4-3-11(6-10(12)7-16)20-13(18-19-14(20)21)9-2-1-5-17-8-9/h1-6,8H,(H,19,21). The fourth-order valence-corrected chi connectivity index (χ4v) is 2.20. The van der Waals surface area contributed by atoms with Crippen molar-refractivity contribution in [1.82, 2.24) is 19.7 Å². The first-order valence-corrected chi connectivity index (χ1v) is 6.39. The SMILES string of the molecule is N#Cc1cc(-n2c(-c3cccnc3)n[nH]c2=S)ccc1F. The Balaban J connectivity index is 2.23. The molecule has 0 spiro atoms. The van der Waals surface area contributed by atoms with Crippen molar-refractivity contribution in [2.45, 2.75) is 0 Å². The highest BCUT2D eigenvalue weighted by Gasteiger charge is 2.12. The van der Waals surface area contributed by atoms with Gasteiger partial charge in [-0.1, -0.05) is 0 Å². The number of pyridine rings is 1. The summed E-state index contributed by atoms with van der Waals surface area (Å²) in [6, 6.07) is 9.63. The number of benzene rings is 1. The Morgan fingerprint density at radius 1 is 1.33 bits per heavy atom. The van der Waals surface area contributed by atoms with Crippen LogP contribution in [0.4, 0.5) is 4.39 Å². The van der Waals surface area contributed by atoms with Crippen molar-refractivity contribution in [3.8, 4) is 23.1 Å². The zero-order valence-corrected chi connectivity index (χ0v) is 11.4. The van der Waals surface area contributed by atoms with Gasteiger partial charge in [-0.25, -0.2) is 4.39 Å². The third-order valence-corrected chi connectivity index (χ3v) is 3.19. The number of aromatic nitrogens is 4. The number of H-pyrrole nitrogens is 1. The summed E-state index contributed by atoms with van der Waals surface area (Å²) in [7, 11) is 0. The van der Waals surface area contributed by atoms with Crippen molar-refractivity contribution in [3.05, 3.63) is 58.9 Å². The van der Waals surface area contributed by atoms with E-state index in [1.165, 1.54) is 12.1 Å². The van der Waals surface area contributed by atoms with E-state index in [1.807, 2.05) is 12.1 Å². The third kappa shape index (κ3) is 2.32. The molecule has 3 rings (SSSR count). The van der Waals surface area contributed by atoms with Gasteiger partial charge in [0, 0.05) is 18.0 Å². The van der Waals surface area contributed by atoms with Crippen molar-refractivity contribution >= 4 is 12.2 Å². The molecule has 102 valence electrons. The van der Waals surface area contributed by atoms with Crippen LogP contribution in [0.5, 0.6) is 0 Å². The maximum atomic E-state index is 13.4. The molecule has 0 saturated carbocycles. The van der Waals surface area contributed by atoms with E-state index >= 15 is 0 Å². The zero-order chi connectivity index (χ0) is 14.8. The first-order valence-electron chi connectivity index (χ1n) is 5.98. The number of nitrogens with one attached hydrogen (secondary N) is 1. The molecule has 0 radical (unpaired) electrons. The maximum absolute atomic E-state index is 13.4. The van der Waals surface area contributed by atoms with Crippen LogP contribution in [0, 0.1) is 21.9 Å². The van der Waals surface area contributed by atoms with Gasteiger partial charge < -0.3 is 0 Å². The molecule has 1 aromatic carbocycles. The molecular formula is C14H8FN5S. The summed E-state index contributed by atoms with van der Waals surface area (Å²) in [6.45, 7) is 0. The molecule has 0 atom stereocenters. The molecule has 7 heteroatoms. The minimum Gasteiger partial charge on any atom is -0.268 e. The molecule has 0 bridgehead atoms. The number of rotatable bonds is 2. The van der Waals surface area contributed by atoms with E-state index in [-0.39, 0.29) is 5.56 Å². The fourth-order valence-electron chi connectivity index (χ4n) is 1.96. The topological polar surface area (TPSA) is 70.3 Å². The summed E-state index contributed by atoms with van der Waals surface area (Å²) in [5.41, 5.74) is 1.27. The molecule has 0 amide bonds. The van der Waals surface area contributed by atoms with Crippen LogP contribution in [-0.2, 0) is 0 Å². The van der Waals surface area contributed by atoms with Crippen LogP contribution in [-0.4, -0.2) is 19.7 Å². The number of halogens is 1. The largest absolute Gasteiger partial charge is 0.268 e. The van der Waals surface area contributed by atoms with Crippen molar-refractivity contribution in [2.75, 3.05) is 0 Å². The summed E-state index contributed by atoms with van der Waals surface area (Å²) in [5, 5.41) is 15.8. The molecule has 21 heavy (non-hydrogen) atoms. The summed E-state index contributed by atoms with van der Waals surface area (Å²) in [4.78, 5) is 4.04. The smallest absolute Gasteiger partial charge is 0.200 e. The molecule has 3 aromatic rings. The molecule has 0 saturated heterocycles. The first-order chi connectivity index (χ1) is 10.2. The molecule has 0 aliphatic heterocycles. The van der Waals surface area contributed by atoms with Gasteiger partial charge in [0.05, 0.1) is 11.3 Å². The van der Waals surface area contributed by atoms with Gasteiger partial charge in [-0.2, -0.15) is 10.4 Å². The number of nitrogens with zero attached hydrogens (tertiary/aromatic N) is 4. The first kappa shape index (κ1) is 13.1. The quantitative estimate of drug-likeness (QED) is 0.738. The van der Waals surface area contributed by atoms with Gasteiger partial charge >= 0.3 is 0 Å². The molecule has 0 aliphatic carbocycles. The van der Waals surface area contributed by atoms with Gasteiger partial charge in [0.15, 0.2) is 10.6 Å². The minimum absolute atomic E-state index is 0.0484. The summed E-state index contributed by atoms with van der Waals surface area (Å²) < 4.78 is 15.4. The van der Waals surface area contributed by atoms with E-state index in [9.17, 15) is 4.39 Å². The van der Waals surface area contributed by atoms with E-state index in [0.29, 0.717) is 16.3 Å². The van der Waals surface area contributed by atoms with Crippen LogP contribution in [0.3, 0.4) is 0 Å². The molecule has 0 fully saturated rings. The highest BCUT2D eigenvalue weighted by Crippen LogP contribution is 2.22. The van der Waals surface area contributed by atoms with Gasteiger partial charge in [-0.15, -0.1) is 0 Å². The van der Waals surface area contributed by atoms with Gasteiger partial charge in [0.25, 0.3) is 0 Å². The molecule has 2 aromatic heterocycles. The van der Waals surface area contributed by atoms with Crippen LogP contribution in [0.1, 0.15) is 5.56 Å². The third-order valence-electron chi connectivity index (χ3n) is 2.92. The van der Waals surface area contributed by atoms with Crippen LogP contribution < -0.4 is 0 Å². The maximum Gasteiger partial charge on any atom is 0.200 e. The predicted molar refractivity (Wildman–Crippen MR) is 76.7 cm³/mol. The average molecular weight is 297 g/mol. The van der Waals surface area contributed by atoms with Gasteiger partial charge in [0.1, 0.15) is 11.9 Å². The molecular weight excluding hydrogens is 289 g/mol. The Hall–Kier alpha value is -2.85. The lowest BCUT2D eigenvalue weighted by atomic mass is 10.2. The Morgan fingerprint density at radius 3 is 2.90 bits per heavy atom. The summed E-state index contributed by atoms with van der Waals surface area (Å²) in [6.07, 6.45) is 3.30. The molecule has 1 N–H and O–H groups in total. The second-order valence-electron chi connectivity index (χ2n) is 4.21. The Bertz CT molecular complexity index is 892. The van der Waals surface area contributed by atoms with E-state index < -0.39 is 5.82 Å². The van der Waals surface area contributed by atoms with E-state index in [2.05, 4.69) is 15.2 Å². The monoisotopic (exact) mass is 297 g/mol. The van der Waals surface area contributed by atoms with Gasteiger partial charge in [0.2, 0.25) is 0 Å². The lowest BCUT2D eigenvalue weighted by Gasteiger charge is -2.07. The second kappa shape index (κ2) is 5.26. The zero-order valence-electron chi connectivity index (χ0n) is 10.6. The van der Waals surface area contributed by atoms with Crippen LogP contribution in [0.2, 0.25) is 0 Å². The van der Waals surface area contributed by atoms with Crippen molar-refractivity contribution in [1.29, 1.82) is 5.26 Å². The normalized spacial score (nSPS) is 10.3. The number of hydrogen-bond donors (Lipinski definition) is 1. The van der Waals surface area contributed by atoms with E-state index in [1.54, 1.807) is 29.1 Å². The van der Waals surface area contributed by atoms with Crippen molar-refractivity contribution in [2.24, 2.45) is 0 Å². The summed E-state index contributed by atoms with van der Waals surface area (Å²) >= 11 is 5.22. The fraction of sp³-hybridized carbons (Fsp3) is 0. The highest BCUT2D eigenvalue weighted by atomic mass is 32.1. The summed E-state index contributed by atoms with van der Waals surface area (Å²) in [5.74, 6) is -0.0252. The second-order valence-corrected chi connectivity index (χ2v) is 4.59. The number of nitriles is 1. The molecule has 0 aliphatic rings. The van der Waals surface area contributed by atoms with E-state index in [4.69, 9.17) is 17.5 Å². The molecule has 5 nitrogen and oxygen atoms in total. The highest BCUT2D eigenvalue weighted by molar-refractivity contribution is 7.71. The number of aromatic amines is 1. The van der Waals surface area contributed by atoms with Crippen molar-refractivity contribution < 1.29 is 4.39 Å². The number of hydrogen-bond acceptors (Lipinski definition) is 4. The lowest BCUT2D eigenvalue weighted by Crippen LogP contribution is -1.99. The Kier molecular flexibility index (Phi) is 3.30. The molecule has 2 heterocycles. The lowest BCUT2D eigenvalue weighted by molar-refractivity contribution is 0.623. The minimum atomic E-state index is -0.570. The van der Waals surface area contributed by atoms with Gasteiger partial charge in [-0.05, 0) is 42.5 Å². The van der Waals surface area contributed by atoms with Gasteiger partial charge in [-0.3, -0.25) is 14.6 Å².